The van der Waals surface area contributed by atoms with Crippen LogP contribution in [-0.4, -0.2) is 22.5 Å². The van der Waals surface area contributed by atoms with Gasteiger partial charge in [0, 0.05) is 18.9 Å². The zero-order chi connectivity index (χ0) is 11.8. The molecule has 16 heavy (non-hydrogen) atoms. The topological polar surface area (TPSA) is 66.0 Å². The lowest BCUT2D eigenvalue weighted by atomic mass is 10.2. The van der Waals surface area contributed by atoms with Crippen LogP contribution in [0, 0.1) is 0 Å². The summed E-state index contributed by atoms with van der Waals surface area (Å²) in [6.45, 7) is 2.64. The van der Waals surface area contributed by atoms with E-state index < -0.39 is 0 Å². The number of hydrogen-bond donors (Lipinski definition) is 3. The first-order valence-corrected chi connectivity index (χ1v) is 5.34. The minimum atomic E-state index is -0.147. The summed E-state index contributed by atoms with van der Waals surface area (Å²) < 4.78 is 0. The second-order valence-corrected chi connectivity index (χ2v) is 3.47. The number of carbonyl (C=O) groups excluding carboxylic acids is 1. The van der Waals surface area contributed by atoms with Gasteiger partial charge in [-0.2, -0.15) is 0 Å². The van der Waals surface area contributed by atoms with Gasteiger partial charge in [-0.25, -0.2) is 0 Å². The van der Waals surface area contributed by atoms with Crippen LogP contribution in [0.4, 0.5) is 0 Å². The average Bonchev–Trinajstić information content (AvgIpc) is 2.28. The number of nitrogens with zero attached hydrogens (tertiary/aromatic N) is 1. The second kappa shape index (κ2) is 6.73. The molecular weight excluding hydrogens is 224 g/mol. The molecule has 86 valence electrons. The Hall–Kier alpha value is -1.69. The maximum Gasteiger partial charge on any atom is 0.242 e. The predicted octanol–water partition coefficient (Wildman–Crippen LogP) is 0.139. The van der Waals surface area contributed by atoms with Gasteiger partial charge in [-0.05, 0) is 36.8 Å². The Balaban J connectivity index is 2.29. The molecule has 1 rings (SSSR count). The van der Waals surface area contributed by atoms with Crippen LogP contribution >= 0.6 is 12.2 Å². The van der Waals surface area contributed by atoms with Crippen molar-refractivity contribution in [2.45, 2.75) is 13.3 Å². The molecule has 0 unspecified atom stereocenters. The third-order valence-corrected chi connectivity index (χ3v) is 2.01. The summed E-state index contributed by atoms with van der Waals surface area (Å²) >= 11 is 4.89. The monoisotopic (exact) mass is 238 g/mol. The summed E-state index contributed by atoms with van der Waals surface area (Å²) in [5, 5.41) is 3.27. The first-order chi connectivity index (χ1) is 7.72. The molecular formula is C10H14N4OS. The van der Waals surface area contributed by atoms with Gasteiger partial charge >= 0.3 is 0 Å². The Bertz CT molecular complexity index is 355. The molecule has 0 bridgehead atoms. The number of hydrogen-bond acceptors (Lipinski definition) is 3. The van der Waals surface area contributed by atoms with E-state index in [0.717, 1.165) is 5.56 Å². The zero-order valence-corrected chi connectivity index (χ0v) is 9.80. The lowest BCUT2D eigenvalue weighted by molar-refractivity contribution is -0.121. The summed E-state index contributed by atoms with van der Waals surface area (Å²) in [6, 6.07) is 3.59. The van der Waals surface area contributed by atoms with Crippen LogP contribution < -0.4 is 16.2 Å². The van der Waals surface area contributed by atoms with Gasteiger partial charge in [0.05, 0.1) is 6.42 Å². The maximum absolute atomic E-state index is 11.4. The Morgan fingerprint density at radius 3 is 2.69 bits per heavy atom. The highest BCUT2D eigenvalue weighted by Crippen LogP contribution is 1.96. The van der Waals surface area contributed by atoms with Crippen molar-refractivity contribution in [2.75, 3.05) is 6.54 Å². The molecule has 0 radical (unpaired) electrons. The highest BCUT2D eigenvalue weighted by Gasteiger charge is 2.02. The van der Waals surface area contributed by atoms with Gasteiger partial charge in [-0.1, -0.05) is 0 Å². The van der Waals surface area contributed by atoms with Crippen LogP contribution in [-0.2, 0) is 11.2 Å². The summed E-state index contributed by atoms with van der Waals surface area (Å²) in [7, 11) is 0. The molecule has 0 aliphatic carbocycles. The Labute approximate surface area is 99.6 Å². The molecule has 0 aliphatic rings. The number of amides is 1. The second-order valence-electron chi connectivity index (χ2n) is 3.06. The van der Waals surface area contributed by atoms with E-state index in [1.165, 1.54) is 0 Å². The van der Waals surface area contributed by atoms with Crippen molar-refractivity contribution >= 4 is 23.2 Å². The molecule has 1 aromatic heterocycles. The minimum Gasteiger partial charge on any atom is -0.362 e. The summed E-state index contributed by atoms with van der Waals surface area (Å²) in [6.07, 6.45) is 3.60. The van der Waals surface area contributed by atoms with Gasteiger partial charge in [0.1, 0.15) is 0 Å². The van der Waals surface area contributed by atoms with E-state index in [-0.39, 0.29) is 5.91 Å². The molecule has 0 aromatic carbocycles. The lowest BCUT2D eigenvalue weighted by Crippen LogP contribution is -2.47. The van der Waals surface area contributed by atoms with Crippen molar-refractivity contribution in [1.29, 1.82) is 0 Å². The van der Waals surface area contributed by atoms with E-state index in [0.29, 0.717) is 18.1 Å². The molecule has 0 fully saturated rings. The first-order valence-electron chi connectivity index (χ1n) is 4.94. The number of pyridine rings is 1. The number of aromatic nitrogens is 1. The smallest absolute Gasteiger partial charge is 0.242 e. The van der Waals surface area contributed by atoms with Crippen LogP contribution in [0.1, 0.15) is 12.5 Å². The molecule has 1 amide bonds. The van der Waals surface area contributed by atoms with E-state index >= 15 is 0 Å². The standard InChI is InChI=1S/C10H14N4OS/c1-2-12-10(16)14-13-9(15)7-8-3-5-11-6-4-8/h3-6H,2,7H2,1H3,(H,13,15)(H2,12,14,16). The van der Waals surface area contributed by atoms with Crippen molar-refractivity contribution in [3.8, 4) is 0 Å². The number of nitrogens with one attached hydrogen (secondary N) is 3. The third-order valence-electron chi connectivity index (χ3n) is 1.77. The fourth-order valence-corrected chi connectivity index (χ4v) is 1.26. The molecule has 0 atom stereocenters. The highest BCUT2D eigenvalue weighted by atomic mass is 32.1. The highest BCUT2D eigenvalue weighted by molar-refractivity contribution is 7.80. The van der Waals surface area contributed by atoms with E-state index in [9.17, 15) is 4.79 Å². The van der Waals surface area contributed by atoms with Gasteiger partial charge in [0.15, 0.2) is 5.11 Å². The molecule has 1 aromatic rings. The fourth-order valence-electron chi connectivity index (χ4n) is 1.06. The summed E-state index contributed by atoms with van der Waals surface area (Å²) in [5.74, 6) is -0.147. The average molecular weight is 238 g/mol. The molecule has 0 spiro atoms. The molecule has 0 aliphatic heterocycles. The zero-order valence-electron chi connectivity index (χ0n) is 8.99. The van der Waals surface area contributed by atoms with E-state index in [4.69, 9.17) is 12.2 Å². The Morgan fingerprint density at radius 2 is 2.06 bits per heavy atom. The summed E-state index contributed by atoms with van der Waals surface area (Å²) in [5.41, 5.74) is 6.02. The fraction of sp³-hybridized carbons (Fsp3) is 0.300. The van der Waals surface area contributed by atoms with E-state index in [1.54, 1.807) is 24.5 Å². The lowest BCUT2D eigenvalue weighted by Gasteiger charge is -2.09. The Morgan fingerprint density at radius 1 is 1.38 bits per heavy atom. The van der Waals surface area contributed by atoms with Crippen molar-refractivity contribution in [2.24, 2.45) is 0 Å². The first kappa shape index (κ1) is 12.4. The SMILES string of the molecule is CCNC(=S)NNC(=O)Cc1ccncc1. The van der Waals surface area contributed by atoms with Gasteiger partial charge in [0.2, 0.25) is 5.91 Å². The molecule has 6 heteroatoms. The number of hydrazine groups is 1. The number of carbonyl (C=O) groups is 1. The van der Waals surface area contributed by atoms with Crippen LogP contribution in [0.5, 0.6) is 0 Å². The summed E-state index contributed by atoms with van der Waals surface area (Å²) in [4.78, 5) is 15.3. The molecule has 0 saturated carbocycles. The minimum absolute atomic E-state index is 0.147. The van der Waals surface area contributed by atoms with Crippen LogP contribution in [0.2, 0.25) is 0 Å². The van der Waals surface area contributed by atoms with Crippen molar-refractivity contribution in [3.05, 3.63) is 30.1 Å². The van der Waals surface area contributed by atoms with Crippen molar-refractivity contribution in [3.63, 3.8) is 0 Å². The van der Waals surface area contributed by atoms with Crippen molar-refractivity contribution in [1.82, 2.24) is 21.2 Å². The van der Waals surface area contributed by atoms with Gasteiger partial charge in [0.25, 0.3) is 0 Å². The largest absolute Gasteiger partial charge is 0.362 e. The van der Waals surface area contributed by atoms with Gasteiger partial charge < -0.3 is 5.32 Å². The quantitative estimate of drug-likeness (QED) is 0.516. The van der Waals surface area contributed by atoms with Crippen LogP contribution in [0.3, 0.4) is 0 Å². The van der Waals surface area contributed by atoms with Gasteiger partial charge in [-0.15, -0.1) is 0 Å². The maximum atomic E-state index is 11.4. The van der Waals surface area contributed by atoms with Crippen LogP contribution in [0.15, 0.2) is 24.5 Å². The molecule has 0 saturated heterocycles. The van der Waals surface area contributed by atoms with E-state index in [2.05, 4.69) is 21.2 Å². The Kier molecular flexibility index (Phi) is 5.21. The number of rotatable bonds is 3. The van der Waals surface area contributed by atoms with Crippen LogP contribution in [0.25, 0.3) is 0 Å². The molecule has 3 N–H and O–H groups in total. The third kappa shape index (κ3) is 4.70. The molecule has 5 nitrogen and oxygen atoms in total. The molecule has 1 heterocycles. The van der Waals surface area contributed by atoms with Crippen molar-refractivity contribution < 1.29 is 4.79 Å². The number of thiocarbonyl (C=S) groups is 1. The predicted molar refractivity (Wildman–Crippen MR) is 65.5 cm³/mol. The normalized spacial score (nSPS) is 9.31. The van der Waals surface area contributed by atoms with Gasteiger partial charge in [-0.3, -0.25) is 20.6 Å². The van der Waals surface area contributed by atoms with E-state index in [1.807, 2.05) is 6.92 Å².